The van der Waals surface area contributed by atoms with E-state index >= 15 is 0 Å². The van der Waals surface area contributed by atoms with Crippen LogP contribution in [-0.4, -0.2) is 32.1 Å². The number of hydrogen-bond acceptors (Lipinski definition) is 5. The fourth-order valence-electron chi connectivity index (χ4n) is 3.07. The molecule has 0 atom stereocenters. The summed E-state index contributed by atoms with van der Waals surface area (Å²) in [5.41, 5.74) is 5.18. The molecule has 0 saturated heterocycles. The number of rotatable bonds is 4. The van der Waals surface area contributed by atoms with Crippen molar-refractivity contribution in [1.82, 2.24) is 19.5 Å². The number of carbonyl (C=O) groups excluding carboxylic acids is 1. The Bertz CT molecular complexity index is 1010. The largest absolute Gasteiger partial charge is 0.465 e. The Hall–Kier alpha value is -2.73. The standard InChI is InChI=1S/C18H15ClN4O2/c1-2-25-14(24)9-23-10-20-16-15(21-18(19)22-17(16)23)13-8-7-11-5-3-4-6-12(11)13/h3-6,8,10H,2,7,9H2,1H3. The fraction of sp³-hybridized carbons (Fsp3) is 0.222. The first kappa shape index (κ1) is 15.8. The van der Waals surface area contributed by atoms with Gasteiger partial charge in [-0.1, -0.05) is 30.3 Å². The van der Waals surface area contributed by atoms with E-state index < -0.39 is 0 Å². The van der Waals surface area contributed by atoms with Gasteiger partial charge in [0.15, 0.2) is 5.65 Å². The Morgan fingerprint density at radius 1 is 1.32 bits per heavy atom. The van der Waals surface area contributed by atoms with E-state index in [1.54, 1.807) is 17.8 Å². The maximum absolute atomic E-state index is 11.8. The average Bonchev–Trinajstić information content (AvgIpc) is 3.19. The van der Waals surface area contributed by atoms with Crippen molar-refractivity contribution in [3.8, 4) is 0 Å². The number of allylic oxidation sites excluding steroid dienone is 1. The summed E-state index contributed by atoms with van der Waals surface area (Å²) in [5.74, 6) is -0.344. The Labute approximate surface area is 149 Å². The van der Waals surface area contributed by atoms with Gasteiger partial charge >= 0.3 is 5.97 Å². The zero-order valence-corrected chi connectivity index (χ0v) is 14.3. The third-order valence-corrected chi connectivity index (χ3v) is 4.30. The van der Waals surface area contributed by atoms with Crippen LogP contribution in [-0.2, 0) is 22.5 Å². The minimum absolute atomic E-state index is 0.0345. The molecule has 0 N–H and O–H groups in total. The van der Waals surface area contributed by atoms with Crippen molar-refractivity contribution < 1.29 is 9.53 Å². The van der Waals surface area contributed by atoms with Gasteiger partial charge in [0.25, 0.3) is 0 Å². The predicted octanol–water partition coefficient (Wildman–Crippen LogP) is 3.03. The summed E-state index contributed by atoms with van der Waals surface area (Å²) < 4.78 is 6.63. The highest BCUT2D eigenvalue weighted by molar-refractivity contribution is 6.28. The first-order valence-electron chi connectivity index (χ1n) is 8.00. The summed E-state index contributed by atoms with van der Waals surface area (Å²) >= 11 is 6.15. The van der Waals surface area contributed by atoms with Gasteiger partial charge in [0.05, 0.1) is 12.9 Å². The molecule has 0 spiro atoms. The minimum atomic E-state index is -0.344. The van der Waals surface area contributed by atoms with Crippen molar-refractivity contribution in [2.24, 2.45) is 0 Å². The Morgan fingerprint density at radius 3 is 3.00 bits per heavy atom. The van der Waals surface area contributed by atoms with Crippen LogP contribution in [0.3, 0.4) is 0 Å². The molecule has 0 amide bonds. The van der Waals surface area contributed by atoms with Gasteiger partial charge in [-0.05, 0) is 36.1 Å². The molecule has 25 heavy (non-hydrogen) atoms. The van der Waals surface area contributed by atoms with E-state index in [0.29, 0.717) is 23.5 Å². The van der Waals surface area contributed by atoms with Crippen LogP contribution in [0, 0.1) is 0 Å². The highest BCUT2D eigenvalue weighted by atomic mass is 35.5. The highest BCUT2D eigenvalue weighted by Gasteiger charge is 2.22. The Kier molecular flexibility index (Phi) is 3.97. The van der Waals surface area contributed by atoms with Crippen molar-refractivity contribution in [2.75, 3.05) is 6.61 Å². The molecule has 6 nitrogen and oxygen atoms in total. The lowest BCUT2D eigenvalue weighted by Crippen LogP contribution is -2.13. The van der Waals surface area contributed by atoms with Crippen LogP contribution in [0.4, 0.5) is 0 Å². The van der Waals surface area contributed by atoms with E-state index in [1.807, 2.05) is 12.1 Å². The zero-order chi connectivity index (χ0) is 17.4. The maximum Gasteiger partial charge on any atom is 0.326 e. The summed E-state index contributed by atoms with van der Waals surface area (Å²) in [4.78, 5) is 24.9. The van der Waals surface area contributed by atoms with Gasteiger partial charge in [-0.15, -0.1) is 0 Å². The molecule has 0 fully saturated rings. The molecular weight excluding hydrogens is 340 g/mol. The van der Waals surface area contributed by atoms with Gasteiger partial charge in [-0.2, -0.15) is 4.98 Å². The maximum atomic E-state index is 11.8. The van der Waals surface area contributed by atoms with Crippen LogP contribution in [0.15, 0.2) is 36.7 Å². The molecule has 0 bridgehead atoms. The second-order valence-electron chi connectivity index (χ2n) is 5.67. The number of nitrogens with zero attached hydrogens (tertiary/aromatic N) is 4. The van der Waals surface area contributed by atoms with Crippen LogP contribution < -0.4 is 0 Å². The summed E-state index contributed by atoms with van der Waals surface area (Å²) in [7, 11) is 0. The van der Waals surface area contributed by atoms with E-state index in [4.69, 9.17) is 16.3 Å². The molecule has 0 unspecified atom stereocenters. The van der Waals surface area contributed by atoms with Gasteiger partial charge < -0.3 is 9.30 Å². The van der Waals surface area contributed by atoms with E-state index in [1.165, 1.54) is 5.56 Å². The monoisotopic (exact) mass is 354 g/mol. The Balaban J connectivity index is 1.81. The fourth-order valence-corrected chi connectivity index (χ4v) is 3.24. The van der Waals surface area contributed by atoms with Crippen LogP contribution in [0.1, 0.15) is 23.7 Å². The van der Waals surface area contributed by atoms with Crippen LogP contribution >= 0.6 is 11.6 Å². The number of imidazole rings is 1. The third-order valence-electron chi connectivity index (χ3n) is 4.13. The highest BCUT2D eigenvalue weighted by Crippen LogP contribution is 2.34. The third kappa shape index (κ3) is 2.78. The SMILES string of the molecule is CCOC(=O)Cn1cnc2c(C3=CCc4ccccc43)nc(Cl)nc21. The van der Waals surface area contributed by atoms with Gasteiger partial charge in [0.1, 0.15) is 17.8 Å². The first-order chi connectivity index (χ1) is 12.2. The van der Waals surface area contributed by atoms with Crippen LogP contribution in [0.5, 0.6) is 0 Å². The van der Waals surface area contributed by atoms with E-state index in [2.05, 4.69) is 33.2 Å². The molecule has 2 aromatic heterocycles. The lowest BCUT2D eigenvalue weighted by Gasteiger charge is -2.07. The summed E-state index contributed by atoms with van der Waals surface area (Å²) in [6.45, 7) is 2.13. The number of aromatic nitrogens is 4. The second kappa shape index (κ2) is 6.29. The van der Waals surface area contributed by atoms with Gasteiger partial charge in [0.2, 0.25) is 5.28 Å². The van der Waals surface area contributed by atoms with Crippen molar-refractivity contribution in [1.29, 1.82) is 0 Å². The molecule has 3 aromatic rings. The average molecular weight is 355 g/mol. The summed E-state index contributed by atoms with van der Waals surface area (Å²) in [5, 5.41) is 0.124. The normalized spacial score (nSPS) is 13.0. The number of esters is 1. The number of carbonyl (C=O) groups is 1. The number of halogens is 1. The van der Waals surface area contributed by atoms with E-state index in [0.717, 1.165) is 17.6 Å². The quantitative estimate of drug-likeness (QED) is 0.532. The minimum Gasteiger partial charge on any atom is -0.465 e. The summed E-state index contributed by atoms with van der Waals surface area (Å²) in [6, 6.07) is 8.17. The number of benzene rings is 1. The van der Waals surface area contributed by atoms with E-state index in [9.17, 15) is 4.79 Å². The smallest absolute Gasteiger partial charge is 0.326 e. The van der Waals surface area contributed by atoms with Crippen molar-refractivity contribution in [2.45, 2.75) is 19.9 Å². The van der Waals surface area contributed by atoms with Crippen molar-refractivity contribution in [3.63, 3.8) is 0 Å². The zero-order valence-electron chi connectivity index (χ0n) is 13.6. The van der Waals surface area contributed by atoms with Gasteiger partial charge in [0, 0.05) is 5.57 Å². The molecule has 7 heteroatoms. The number of fused-ring (bicyclic) bond motifs is 2. The molecule has 1 aliphatic rings. The molecule has 1 aromatic carbocycles. The summed E-state index contributed by atoms with van der Waals surface area (Å²) in [6.07, 6.45) is 4.53. The molecule has 0 saturated carbocycles. The second-order valence-corrected chi connectivity index (χ2v) is 6.01. The molecule has 126 valence electrons. The molecule has 0 radical (unpaired) electrons. The van der Waals surface area contributed by atoms with E-state index in [-0.39, 0.29) is 17.8 Å². The number of ether oxygens (including phenoxy) is 1. The molecule has 2 heterocycles. The Morgan fingerprint density at radius 2 is 2.16 bits per heavy atom. The van der Waals surface area contributed by atoms with Crippen molar-refractivity contribution >= 4 is 34.3 Å². The van der Waals surface area contributed by atoms with Gasteiger partial charge in [-0.25, -0.2) is 9.97 Å². The predicted molar refractivity (Wildman–Crippen MR) is 94.2 cm³/mol. The lowest BCUT2D eigenvalue weighted by molar-refractivity contribution is -0.143. The van der Waals surface area contributed by atoms with Crippen LogP contribution in [0.25, 0.3) is 16.7 Å². The first-order valence-corrected chi connectivity index (χ1v) is 8.38. The lowest BCUT2D eigenvalue weighted by atomic mass is 10.0. The topological polar surface area (TPSA) is 69.9 Å². The molecule has 4 rings (SSSR count). The van der Waals surface area contributed by atoms with Gasteiger partial charge in [-0.3, -0.25) is 4.79 Å². The molecule has 0 aliphatic heterocycles. The number of hydrogen-bond donors (Lipinski definition) is 0. The molecule has 1 aliphatic carbocycles. The van der Waals surface area contributed by atoms with Crippen LogP contribution in [0.2, 0.25) is 5.28 Å². The molecular formula is C18H15ClN4O2. The van der Waals surface area contributed by atoms with Crippen molar-refractivity contribution in [3.05, 3.63) is 58.8 Å².